The lowest BCUT2D eigenvalue weighted by Crippen LogP contribution is -2.31. The Balaban J connectivity index is 1.72. The number of hydrogen-bond donors (Lipinski definition) is 2. The maximum Gasteiger partial charge on any atom is 0.264 e. The van der Waals surface area contributed by atoms with Gasteiger partial charge in [-0.2, -0.15) is 0 Å². The van der Waals surface area contributed by atoms with E-state index in [2.05, 4.69) is 14.9 Å². The average Bonchev–Trinajstić information content (AvgIpc) is 2.62. The van der Waals surface area contributed by atoms with E-state index >= 15 is 0 Å². The third-order valence-electron chi connectivity index (χ3n) is 5.31. The van der Waals surface area contributed by atoms with Gasteiger partial charge in [-0.1, -0.05) is 25.7 Å². The molecule has 0 aromatic carbocycles. The molecule has 0 unspecified atom stereocenters. The molecule has 2 heterocycles. The molecular weight excluding hydrogens is 336 g/mol. The molecule has 7 heteroatoms. The standard InChI is InChI=1S/C18H28N4O2S/c23-16-15(13-19-9-12-21-10-5-2-6-11-21)17(24)22(18(25)20-16)14-7-3-1-4-8-14/h13-14,24H,1-12H2,(H,20,23,25). The Kier molecular flexibility index (Phi) is 6.42. The summed E-state index contributed by atoms with van der Waals surface area (Å²) >= 11 is 5.28. The van der Waals surface area contributed by atoms with E-state index in [9.17, 15) is 9.90 Å². The number of likely N-dealkylation sites (tertiary alicyclic amines) is 1. The fraction of sp³-hybridized carbons (Fsp3) is 0.722. The van der Waals surface area contributed by atoms with Crippen LogP contribution in [-0.4, -0.2) is 52.0 Å². The predicted molar refractivity (Wildman–Crippen MR) is 102 cm³/mol. The van der Waals surface area contributed by atoms with E-state index < -0.39 is 0 Å². The fourth-order valence-corrected chi connectivity index (χ4v) is 4.21. The van der Waals surface area contributed by atoms with Gasteiger partial charge in [0.05, 0.1) is 6.54 Å². The molecule has 1 saturated heterocycles. The van der Waals surface area contributed by atoms with Gasteiger partial charge >= 0.3 is 0 Å². The number of aromatic nitrogens is 2. The Morgan fingerprint density at radius 1 is 1.16 bits per heavy atom. The molecule has 138 valence electrons. The molecule has 0 atom stereocenters. The minimum Gasteiger partial charge on any atom is -0.494 e. The first kappa shape index (κ1) is 18.3. The molecular formula is C18H28N4O2S. The number of nitrogens with zero attached hydrogens (tertiary/aromatic N) is 3. The Hall–Kier alpha value is -1.47. The second-order valence-corrected chi connectivity index (χ2v) is 7.48. The maximum atomic E-state index is 12.2. The van der Waals surface area contributed by atoms with Gasteiger partial charge in [-0.05, 0) is 51.0 Å². The number of nitrogens with one attached hydrogen (secondary N) is 1. The minimum absolute atomic E-state index is 0.0395. The fourth-order valence-electron chi connectivity index (χ4n) is 3.88. The number of aromatic amines is 1. The largest absolute Gasteiger partial charge is 0.494 e. The van der Waals surface area contributed by atoms with Crippen molar-refractivity contribution in [1.29, 1.82) is 0 Å². The van der Waals surface area contributed by atoms with Gasteiger partial charge in [0.2, 0.25) is 5.88 Å². The highest BCUT2D eigenvalue weighted by atomic mass is 32.1. The van der Waals surface area contributed by atoms with Gasteiger partial charge in [0, 0.05) is 18.8 Å². The molecule has 2 N–H and O–H groups in total. The van der Waals surface area contributed by atoms with Crippen LogP contribution in [0.4, 0.5) is 0 Å². The summed E-state index contributed by atoms with van der Waals surface area (Å²) in [4.78, 5) is 21.7. The number of hydrogen-bond acceptors (Lipinski definition) is 5. The van der Waals surface area contributed by atoms with E-state index in [-0.39, 0.29) is 23.0 Å². The van der Waals surface area contributed by atoms with Gasteiger partial charge in [0.15, 0.2) is 4.77 Å². The van der Waals surface area contributed by atoms with Crippen molar-refractivity contribution in [2.24, 2.45) is 4.99 Å². The highest BCUT2D eigenvalue weighted by Crippen LogP contribution is 2.31. The SMILES string of the molecule is O=c1[nH]c(=S)n(C2CCCCC2)c(O)c1C=NCCN1CCCCC1. The Morgan fingerprint density at radius 2 is 1.84 bits per heavy atom. The second-order valence-electron chi connectivity index (χ2n) is 7.10. The highest BCUT2D eigenvalue weighted by Gasteiger charge is 2.21. The van der Waals surface area contributed by atoms with Crippen molar-refractivity contribution < 1.29 is 5.11 Å². The van der Waals surface area contributed by atoms with Crippen LogP contribution in [0, 0.1) is 4.77 Å². The summed E-state index contributed by atoms with van der Waals surface area (Å²) in [5.74, 6) is -0.0395. The van der Waals surface area contributed by atoms with Gasteiger partial charge in [-0.25, -0.2) is 0 Å². The molecule has 3 rings (SSSR count). The molecule has 2 aliphatic rings. The van der Waals surface area contributed by atoms with Crippen molar-refractivity contribution in [3.63, 3.8) is 0 Å². The first-order valence-corrected chi connectivity index (χ1v) is 9.87. The first-order chi connectivity index (χ1) is 12.2. The van der Waals surface area contributed by atoms with E-state index in [1.807, 2.05) is 0 Å². The minimum atomic E-state index is -0.365. The van der Waals surface area contributed by atoms with Crippen LogP contribution in [0.25, 0.3) is 0 Å². The summed E-state index contributed by atoms with van der Waals surface area (Å²) in [6, 6.07) is 0.165. The molecule has 1 saturated carbocycles. The first-order valence-electron chi connectivity index (χ1n) is 9.47. The van der Waals surface area contributed by atoms with E-state index in [0.29, 0.717) is 11.3 Å². The molecule has 0 radical (unpaired) electrons. The van der Waals surface area contributed by atoms with Gasteiger partial charge in [-0.15, -0.1) is 0 Å². The highest BCUT2D eigenvalue weighted by molar-refractivity contribution is 7.71. The molecule has 6 nitrogen and oxygen atoms in total. The number of aromatic hydroxyl groups is 1. The Bertz CT molecular complexity index is 713. The molecule has 1 aromatic rings. The van der Waals surface area contributed by atoms with Crippen LogP contribution in [0.3, 0.4) is 0 Å². The van der Waals surface area contributed by atoms with Crippen molar-refractivity contribution >= 4 is 18.4 Å². The van der Waals surface area contributed by atoms with Gasteiger partial charge < -0.3 is 10.0 Å². The zero-order valence-corrected chi connectivity index (χ0v) is 15.6. The van der Waals surface area contributed by atoms with Crippen LogP contribution in [0.5, 0.6) is 5.88 Å². The Morgan fingerprint density at radius 3 is 2.56 bits per heavy atom. The summed E-state index contributed by atoms with van der Waals surface area (Å²) < 4.78 is 2.02. The lowest BCUT2D eigenvalue weighted by atomic mass is 9.95. The molecule has 1 aliphatic heterocycles. The number of H-pyrrole nitrogens is 1. The van der Waals surface area contributed by atoms with Gasteiger partial charge in [0.25, 0.3) is 5.56 Å². The summed E-state index contributed by atoms with van der Waals surface area (Å²) in [6.45, 7) is 3.80. The van der Waals surface area contributed by atoms with E-state index in [0.717, 1.165) is 45.3 Å². The van der Waals surface area contributed by atoms with Crippen LogP contribution in [-0.2, 0) is 0 Å². The zero-order chi connectivity index (χ0) is 17.6. The second kappa shape index (κ2) is 8.76. The van der Waals surface area contributed by atoms with Crippen LogP contribution < -0.4 is 5.56 Å². The summed E-state index contributed by atoms with van der Waals surface area (Å²) in [7, 11) is 0. The number of aliphatic imine (C=N–C) groups is 1. The van der Waals surface area contributed by atoms with E-state index in [1.165, 1.54) is 31.9 Å². The zero-order valence-electron chi connectivity index (χ0n) is 14.7. The molecule has 25 heavy (non-hydrogen) atoms. The molecule has 1 aliphatic carbocycles. The third kappa shape index (κ3) is 4.58. The maximum absolute atomic E-state index is 12.2. The summed E-state index contributed by atoms with van der Waals surface area (Å²) in [5.41, 5.74) is -0.144. The number of piperidine rings is 1. The monoisotopic (exact) mass is 364 g/mol. The van der Waals surface area contributed by atoms with Crippen LogP contribution in [0.1, 0.15) is 63.0 Å². The van der Waals surface area contributed by atoms with Crippen molar-refractivity contribution in [1.82, 2.24) is 14.5 Å². The van der Waals surface area contributed by atoms with Crippen LogP contribution >= 0.6 is 12.2 Å². The molecule has 0 amide bonds. The normalized spacial score (nSPS) is 20.3. The van der Waals surface area contributed by atoms with Crippen molar-refractivity contribution in [3.8, 4) is 5.88 Å². The Labute approximate surface area is 153 Å². The molecule has 1 aromatic heterocycles. The van der Waals surface area contributed by atoms with E-state index in [4.69, 9.17) is 12.2 Å². The third-order valence-corrected chi connectivity index (χ3v) is 5.61. The van der Waals surface area contributed by atoms with Crippen molar-refractivity contribution in [2.45, 2.75) is 57.4 Å². The summed E-state index contributed by atoms with van der Waals surface area (Å²) in [5, 5.41) is 10.6. The van der Waals surface area contributed by atoms with Gasteiger partial charge in [0.1, 0.15) is 5.56 Å². The lowest BCUT2D eigenvalue weighted by Gasteiger charge is -2.26. The van der Waals surface area contributed by atoms with Crippen molar-refractivity contribution in [3.05, 3.63) is 20.7 Å². The topological polar surface area (TPSA) is 73.6 Å². The molecule has 0 spiro atoms. The van der Waals surface area contributed by atoms with Crippen molar-refractivity contribution in [2.75, 3.05) is 26.2 Å². The van der Waals surface area contributed by atoms with E-state index in [1.54, 1.807) is 4.57 Å². The lowest BCUT2D eigenvalue weighted by molar-refractivity contribution is 0.235. The number of rotatable bonds is 5. The quantitative estimate of drug-likeness (QED) is 0.622. The smallest absolute Gasteiger partial charge is 0.264 e. The van der Waals surface area contributed by atoms with Gasteiger partial charge in [-0.3, -0.25) is 19.3 Å². The average molecular weight is 365 g/mol. The van der Waals surface area contributed by atoms with Crippen LogP contribution in [0.2, 0.25) is 0 Å². The molecule has 2 fully saturated rings. The van der Waals surface area contributed by atoms with Crippen LogP contribution in [0.15, 0.2) is 9.79 Å². The molecule has 0 bridgehead atoms. The summed E-state index contributed by atoms with van der Waals surface area (Å²) in [6.07, 6.45) is 10.8. The predicted octanol–water partition coefficient (Wildman–Crippen LogP) is 3.02.